The molecule has 0 radical (unpaired) electrons. The Morgan fingerprint density at radius 2 is 0.503 bits per heavy atom. The third kappa shape index (κ3) is 12.4. The second-order valence-electron chi connectivity index (χ2n) is 37.0. The van der Waals surface area contributed by atoms with E-state index in [2.05, 4.69) is 408 Å². The minimum atomic E-state index is 0.599. The molecule has 13 heteroatoms. The molecule has 22 aromatic carbocycles. The Hall–Kier alpha value is -19.5. The van der Waals surface area contributed by atoms with Crippen LogP contribution in [0.1, 0.15) is 0 Å². The standard InChI is InChI=1S/C48H28N4O.C46H27N3O.C36H21N3O/c1-2-15-32(16-3-1)51-39-21-8-6-18-34(39)35-26-25-31(28-41(35)51)44-47-45(38-19-7-9-23-42(38)53-47)50-48(49-44)52-40-22-11-14-30-13-10-20-36(43(30)40)37-27-24-29-12-4-5-17-33(29)46(37)52;1-2-11-33-27-34(24-21-28(33)9-1)29-19-22-32(23-20-29)42-45-43(38-15-5-6-18-40(38)50-45)48-46(47-42)49-39-17-8-13-31-12-7-16-36(41(31)39)37-26-25-30-10-3-4-14-35(30)44(37)49;1-2-11-24(12-3-1)32-35-33(28-16-6-7-19-30(28)40-35)38-36(37-32)39-29-18-9-14-23-13-8-17-26(31(23)29)27-21-20-22-10-4-5-15-25(22)34(27)39/h1-28H;1-27H;1-21H. The third-order valence-electron chi connectivity index (χ3n) is 29.1. The van der Waals surface area contributed by atoms with Gasteiger partial charge in [-0.2, -0.15) is 0 Å². The Labute approximate surface area is 817 Å². The van der Waals surface area contributed by atoms with Gasteiger partial charge in [0.2, 0.25) is 17.8 Å². The molecule has 10 heterocycles. The fraction of sp³-hybridized carbons (Fsp3) is 0. The van der Waals surface area contributed by atoms with Crippen molar-refractivity contribution in [3.63, 3.8) is 0 Å². The van der Waals surface area contributed by atoms with Gasteiger partial charge in [0.05, 0.1) is 45.2 Å². The number of fused-ring (bicyclic) bond motifs is 25. The highest BCUT2D eigenvalue weighted by Gasteiger charge is 2.37. The van der Waals surface area contributed by atoms with Crippen LogP contribution in [-0.4, -0.2) is 34.5 Å². The Kier molecular flexibility index (Phi) is 17.6. The van der Waals surface area contributed by atoms with Crippen LogP contribution in [0.15, 0.2) is 474 Å². The molecule has 143 heavy (non-hydrogen) atoms. The Balaban J connectivity index is 0.000000101. The molecule has 664 valence electrons. The van der Waals surface area contributed by atoms with E-state index in [1.165, 1.54) is 92.5 Å². The van der Waals surface area contributed by atoms with Crippen LogP contribution in [0.3, 0.4) is 0 Å². The number of aromatic nitrogens is 7. The molecular formula is C130H76N10O3. The molecule has 0 atom stereocenters. The van der Waals surface area contributed by atoms with Crippen LogP contribution in [0.25, 0.3) is 247 Å². The second-order valence-corrected chi connectivity index (χ2v) is 37.0. The number of benzene rings is 22. The number of nitrogens with zero attached hydrogens (tertiary/aromatic N) is 10. The van der Waals surface area contributed by atoms with E-state index in [0.29, 0.717) is 34.6 Å². The average Bonchev–Trinajstić information content (AvgIpc) is 1.22. The van der Waals surface area contributed by atoms with Gasteiger partial charge in [-0.05, 0) is 156 Å². The predicted molar refractivity (Wildman–Crippen MR) is 588 cm³/mol. The van der Waals surface area contributed by atoms with E-state index >= 15 is 0 Å². The van der Waals surface area contributed by atoms with Crippen molar-refractivity contribution in [3.05, 3.63) is 461 Å². The van der Waals surface area contributed by atoms with Gasteiger partial charge in [0.15, 0.2) is 16.7 Å². The van der Waals surface area contributed by atoms with Gasteiger partial charge in [-0.1, -0.05) is 376 Å². The average molecular weight is 1830 g/mol. The van der Waals surface area contributed by atoms with Crippen LogP contribution in [0.2, 0.25) is 0 Å². The first-order valence-corrected chi connectivity index (χ1v) is 48.3. The van der Waals surface area contributed by atoms with Crippen molar-refractivity contribution in [2.45, 2.75) is 0 Å². The maximum atomic E-state index is 6.67. The molecule has 32 rings (SSSR count). The predicted octanol–water partition coefficient (Wildman–Crippen LogP) is 35.3. The maximum absolute atomic E-state index is 6.67. The summed E-state index contributed by atoms with van der Waals surface area (Å²) in [6, 6.07) is 162. The lowest BCUT2D eigenvalue weighted by Gasteiger charge is -2.33. The van der Waals surface area contributed by atoms with Crippen molar-refractivity contribution in [3.8, 4) is 84.0 Å². The van der Waals surface area contributed by atoms with Gasteiger partial charge in [0, 0.05) is 98.3 Å². The molecule has 0 spiro atoms. The van der Waals surface area contributed by atoms with E-state index in [9.17, 15) is 0 Å². The molecule has 29 aromatic rings. The fourth-order valence-corrected chi connectivity index (χ4v) is 22.7. The zero-order valence-electron chi connectivity index (χ0n) is 76.6. The molecule has 7 aromatic heterocycles. The van der Waals surface area contributed by atoms with Gasteiger partial charge in [-0.25, -0.2) is 29.9 Å². The summed E-state index contributed by atoms with van der Waals surface area (Å²) < 4.78 is 22.0. The van der Waals surface area contributed by atoms with Crippen LogP contribution in [-0.2, 0) is 0 Å². The highest BCUT2D eigenvalue weighted by molar-refractivity contribution is 6.24. The van der Waals surface area contributed by atoms with Crippen LogP contribution in [0.5, 0.6) is 0 Å². The largest absolute Gasteiger partial charge is 0.452 e. The lowest BCUT2D eigenvalue weighted by molar-refractivity contribution is 0.667. The monoisotopic (exact) mass is 1820 g/mol. The van der Waals surface area contributed by atoms with Crippen molar-refractivity contribution in [2.24, 2.45) is 0 Å². The topological polar surface area (TPSA) is 131 Å². The number of anilines is 9. The number of rotatable bonds is 8. The molecular weight excluding hydrogens is 1750 g/mol. The second kappa shape index (κ2) is 31.5. The first-order valence-electron chi connectivity index (χ1n) is 48.3. The lowest BCUT2D eigenvalue weighted by atomic mass is 9.89. The molecule has 0 unspecified atom stereocenters. The Morgan fingerprint density at radius 3 is 0.951 bits per heavy atom. The summed E-state index contributed by atoms with van der Waals surface area (Å²) in [5.41, 5.74) is 31.3. The van der Waals surface area contributed by atoms with Crippen molar-refractivity contribution < 1.29 is 13.3 Å². The lowest BCUT2D eigenvalue weighted by Crippen LogP contribution is -2.18. The first kappa shape index (κ1) is 79.7. The van der Waals surface area contributed by atoms with E-state index in [1.54, 1.807) is 0 Å². The van der Waals surface area contributed by atoms with Gasteiger partial charge in [0.25, 0.3) is 0 Å². The summed E-state index contributed by atoms with van der Waals surface area (Å²) in [5, 5.41) is 21.9. The van der Waals surface area contributed by atoms with Crippen molar-refractivity contribution in [1.82, 2.24) is 34.5 Å². The van der Waals surface area contributed by atoms with Crippen LogP contribution in [0, 0.1) is 0 Å². The summed E-state index contributed by atoms with van der Waals surface area (Å²) in [4.78, 5) is 39.0. The molecule has 0 bridgehead atoms. The van der Waals surface area contributed by atoms with Crippen LogP contribution < -0.4 is 14.7 Å². The molecule has 0 N–H and O–H groups in total. The molecule has 13 nitrogen and oxygen atoms in total. The van der Waals surface area contributed by atoms with Gasteiger partial charge < -0.3 is 17.8 Å². The number of para-hydroxylation sites is 5. The molecule has 0 fully saturated rings. The summed E-state index contributed by atoms with van der Waals surface area (Å²) in [6.07, 6.45) is 0. The number of hydrogen-bond donors (Lipinski definition) is 0. The SMILES string of the molecule is c1ccc(-c2nc(N3c4c(ccc5ccccc45)-c4cccc5cccc3c45)nc3c2oc2ccccc23)cc1.c1ccc(-n2c3ccccc3c3ccc(-c4nc(N5c6c(ccc7ccccc67)-c6cccc7cccc5c67)nc5c4oc4ccccc45)cc32)cc1.c1ccc2cc(-c3ccc(-c4nc(N5c6c(ccc7ccccc67)-c6cccc7cccc5c67)nc5c4oc4ccccc45)cc3)ccc2c1. The van der Waals surface area contributed by atoms with Gasteiger partial charge in [0.1, 0.15) is 50.4 Å². The maximum Gasteiger partial charge on any atom is 0.236 e. The summed E-state index contributed by atoms with van der Waals surface area (Å²) in [6.45, 7) is 0. The number of hydrogen-bond acceptors (Lipinski definition) is 12. The Morgan fingerprint density at radius 1 is 0.182 bits per heavy atom. The molecule has 3 aliphatic heterocycles. The van der Waals surface area contributed by atoms with Gasteiger partial charge >= 0.3 is 0 Å². The minimum absolute atomic E-state index is 0.599. The van der Waals surface area contributed by atoms with E-state index in [0.717, 1.165) is 172 Å². The van der Waals surface area contributed by atoms with Crippen molar-refractivity contribution >= 4 is 215 Å². The van der Waals surface area contributed by atoms with E-state index in [4.69, 9.17) is 43.2 Å². The Bertz CT molecular complexity index is 10400. The molecule has 0 saturated heterocycles. The number of furan rings is 3. The molecule has 0 saturated carbocycles. The van der Waals surface area contributed by atoms with Crippen LogP contribution >= 0.6 is 0 Å². The van der Waals surface area contributed by atoms with Crippen LogP contribution in [0.4, 0.5) is 52.0 Å². The van der Waals surface area contributed by atoms with Crippen molar-refractivity contribution in [2.75, 3.05) is 14.7 Å². The van der Waals surface area contributed by atoms with Gasteiger partial charge in [-0.3, -0.25) is 14.7 Å². The fourth-order valence-electron chi connectivity index (χ4n) is 22.7. The summed E-state index contributed by atoms with van der Waals surface area (Å²) in [5.74, 6) is 1.83. The van der Waals surface area contributed by atoms with E-state index in [-0.39, 0.29) is 0 Å². The zero-order chi connectivity index (χ0) is 93.6. The quantitative estimate of drug-likeness (QED) is 0.143. The highest BCUT2D eigenvalue weighted by atomic mass is 16.3. The molecule has 3 aliphatic rings. The van der Waals surface area contributed by atoms with Crippen molar-refractivity contribution in [1.29, 1.82) is 0 Å². The highest BCUT2D eigenvalue weighted by Crippen LogP contribution is 2.59. The van der Waals surface area contributed by atoms with Gasteiger partial charge in [-0.15, -0.1) is 0 Å². The first-order chi connectivity index (χ1) is 70.9. The molecule has 0 amide bonds. The zero-order valence-corrected chi connectivity index (χ0v) is 76.6. The van der Waals surface area contributed by atoms with E-state index in [1.807, 2.05) is 72.8 Å². The molecule has 0 aliphatic carbocycles. The smallest absolute Gasteiger partial charge is 0.236 e. The minimum Gasteiger partial charge on any atom is -0.452 e. The normalized spacial score (nSPS) is 12.4. The summed E-state index contributed by atoms with van der Waals surface area (Å²) >= 11 is 0. The van der Waals surface area contributed by atoms with E-state index < -0.39 is 0 Å². The third-order valence-corrected chi connectivity index (χ3v) is 29.1. The summed E-state index contributed by atoms with van der Waals surface area (Å²) in [7, 11) is 0.